The Morgan fingerprint density at radius 1 is 1.31 bits per heavy atom. The Kier molecular flexibility index (Phi) is 5.11. The number of ether oxygens (including phenoxy) is 1. The first-order valence-corrected chi connectivity index (χ1v) is 10.6. The van der Waals surface area contributed by atoms with Gasteiger partial charge in [0.05, 0.1) is 11.2 Å². The number of halogens is 1. The Morgan fingerprint density at radius 2 is 2.10 bits per heavy atom. The van der Waals surface area contributed by atoms with E-state index in [2.05, 4.69) is 49.9 Å². The molecule has 2 aromatic heterocycles. The molecule has 1 amide bonds. The average Bonchev–Trinajstić information content (AvgIpc) is 3.08. The highest BCUT2D eigenvalue weighted by Crippen LogP contribution is 2.33. The van der Waals surface area contributed by atoms with Crippen molar-refractivity contribution in [3.63, 3.8) is 0 Å². The van der Waals surface area contributed by atoms with E-state index in [9.17, 15) is 4.79 Å². The van der Waals surface area contributed by atoms with E-state index >= 15 is 0 Å². The van der Waals surface area contributed by atoms with E-state index in [-0.39, 0.29) is 12.0 Å². The topological polar surface area (TPSA) is 71.1 Å². The molecule has 0 bridgehead atoms. The zero-order valence-corrected chi connectivity index (χ0v) is 18.7. The van der Waals surface area contributed by atoms with Gasteiger partial charge in [0.1, 0.15) is 11.4 Å². The van der Waals surface area contributed by atoms with Gasteiger partial charge in [-0.2, -0.15) is 0 Å². The molecule has 0 saturated heterocycles. The number of hydrogen-bond donors (Lipinski definition) is 1. The summed E-state index contributed by atoms with van der Waals surface area (Å²) in [7, 11) is 0. The fourth-order valence-corrected chi connectivity index (χ4v) is 3.98. The van der Waals surface area contributed by atoms with Gasteiger partial charge in [-0.1, -0.05) is 19.1 Å². The van der Waals surface area contributed by atoms with Crippen molar-refractivity contribution in [2.45, 2.75) is 52.1 Å². The van der Waals surface area contributed by atoms with Crippen molar-refractivity contribution in [3.05, 3.63) is 51.9 Å². The minimum atomic E-state index is -0.506. The lowest BCUT2D eigenvalue weighted by molar-refractivity contribution is 0.0578. The smallest absolute Gasteiger partial charge is 0.414 e. The maximum Gasteiger partial charge on any atom is 0.414 e. The molecule has 0 spiro atoms. The third-order valence-corrected chi connectivity index (χ3v) is 5.50. The highest BCUT2D eigenvalue weighted by atomic mass is 79.9. The quantitative estimate of drug-likeness (QED) is 0.547. The van der Waals surface area contributed by atoms with Crippen molar-refractivity contribution in [3.8, 4) is 0 Å². The summed E-state index contributed by atoms with van der Waals surface area (Å²) in [5.74, 6) is 0.968. The van der Waals surface area contributed by atoms with Gasteiger partial charge in [-0.15, -0.1) is 0 Å². The largest absolute Gasteiger partial charge is 0.443 e. The number of rotatable bonds is 2. The summed E-state index contributed by atoms with van der Waals surface area (Å²) in [6, 6.07) is 8.27. The third kappa shape index (κ3) is 4.15. The number of H-pyrrole nitrogens is 1. The highest BCUT2D eigenvalue weighted by molar-refractivity contribution is 9.10. The molecule has 3 aromatic rings. The van der Waals surface area contributed by atoms with E-state index in [4.69, 9.17) is 4.74 Å². The minimum absolute atomic E-state index is 0.0881. The summed E-state index contributed by atoms with van der Waals surface area (Å²) in [4.78, 5) is 26.8. The van der Waals surface area contributed by atoms with Crippen LogP contribution in [-0.4, -0.2) is 33.2 Å². The maximum atomic E-state index is 12.6. The number of carbonyl (C=O) groups excluding carboxylic acids is 1. The van der Waals surface area contributed by atoms with Gasteiger partial charge in [0.25, 0.3) is 0 Å². The van der Waals surface area contributed by atoms with Gasteiger partial charge in [-0.05, 0) is 72.8 Å². The van der Waals surface area contributed by atoms with Crippen LogP contribution in [-0.2, 0) is 11.2 Å². The molecule has 1 aromatic carbocycles. The molecular formula is C22H25BrN4O2. The van der Waals surface area contributed by atoms with Gasteiger partial charge in [0.15, 0.2) is 5.65 Å². The van der Waals surface area contributed by atoms with Crippen molar-refractivity contribution < 1.29 is 9.53 Å². The van der Waals surface area contributed by atoms with Crippen LogP contribution in [0.5, 0.6) is 0 Å². The van der Waals surface area contributed by atoms with Gasteiger partial charge < -0.3 is 9.72 Å². The number of anilines is 1. The van der Waals surface area contributed by atoms with Crippen LogP contribution in [0.2, 0.25) is 0 Å². The van der Waals surface area contributed by atoms with Gasteiger partial charge in [-0.25, -0.2) is 14.8 Å². The number of fused-ring (bicyclic) bond motifs is 2. The number of aryl methyl sites for hydroxylation is 1. The molecule has 0 radical (unpaired) electrons. The molecule has 4 rings (SSSR count). The first kappa shape index (κ1) is 19.9. The number of pyridine rings is 1. The fraction of sp³-hybridized carbons (Fsp3) is 0.409. The lowest BCUT2D eigenvalue weighted by Gasteiger charge is -2.32. The molecule has 0 aliphatic carbocycles. The van der Waals surface area contributed by atoms with Crippen LogP contribution in [0.15, 0.2) is 34.9 Å². The SMILES string of the molecule is CC(c1ccc2c(c1)CCCN2C(=O)OC(C)(C)C)c1nc2ncc(Br)cc2[nH]1. The number of aromatic nitrogens is 3. The Labute approximate surface area is 178 Å². The second kappa shape index (κ2) is 7.44. The zero-order valence-electron chi connectivity index (χ0n) is 17.1. The van der Waals surface area contributed by atoms with Crippen LogP contribution in [0.4, 0.5) is 10.5 Å². The van der Waals surface area contributed by atoms with E-state index in [1.807, 2.05) is 32.9 Å². The number of carbonyl (C=O) groups is 1. The second-order valence-electron chi connectivity index (χ2n) is 8.49. The maximum absolute atomic E-state index is 12.6. The third-order valence-electron chi connectivity index (χ3n) is 5.07. The monoisotopic (exact) mass is 456 g/mol. The van der Waals surface area contributed by atoms with Gasteiger partial charge >= 0.3 is 6.09 Å². The highest BCUT2D eigenvalue weighted by Gasteiger charge is 2.28. The molecule has 1 N–H and O–H groups in total. The summed E-state index contributed by atoms with van der Waals surface area (Å²) in [5.41, 5.74) is 4.39. The Bertz CT molecular complexity index is 1070. The Morgan fingerprint density at radius 3 is 2.86 bits per heavy atom. The number of benzene rings is 1. The van der Waals surface area contributed by atoms with E-state index in [1.54, 1.807) is 11.1 Å². The average molecular weight is 457 g/mol. The van der Waals surface area contributed by atoms with Crippen LogP contribution < -0.4 is 4.90 Å². The molecule has 1 unspecified atom stereocenters. The summed E-state index contributed by atoms with van der Waals surface area (Å²) in [5, 5.41) is 0. The molecule has 152 valence electrons. The van der Waals surface area contributed by atoms with Crippen LogP contribution in [0.3, 0.4) is 0 Å². The van der Waals surface area contributed by atoms with E-state index in [0.717, 1.165) is 39.9 Å². The van der Waals surface area contributed by atoms with Crippen LogP contribution in [0.1, 0.15) is 57.0 Å². The molecule has 3 heterocycles. The number of hydrogen-bond acceptors (Lipinski definition) is 4. The summed E-state index contributed by atoms with van der Waals surface area (Å²) in [6.45, 7) is 8.48. The lowest BCUT2D eigenvalue weighted by atomic mass is 9.93. The molecule has 29 heavy (non-hydrogen) atoms. The molecule has 7 heteroatoms. The van der Waals surface area contributed by atoms with Gasteiger partial charge in [0.2, 0.25) is 0 Å². The van der Waals surface area contributed by atoms with E-state index in [1.165, 1.54) is 5.56 Å². The summed E-state index contributed by atoms with van der Waals surface area (Å²) >= 11 is 3.45. The first-order valence-electron chi connectivity index (χ1n) is 9.86. The summed E-state index contributed by atoms with van der Waals surface area (Å²) < 4.78 is 6.51. The minimum Gasteiger partial charge on any atom is -0.443 e. The van der Waals surface area contributed by atoms with Gasteiger partial charge in [-0.3, -0.25) is 4.90 Å². The zero-order chi connectivity index (χ0) is 20.8. The van der Waals surface area contributed by atoms with E-state index < -0.39 is 5.60 Å². The molecule has 0 fully saturated rings. The number of amides is 1. The van der Waals surface area contributed by atoms with Crippen LogP contribution in [0.25, 0.3) is 11.2 Å². The lowest BCUT2D eigenvalue weighted by Crippen LogP contribution is -2.39. The Hall–Kier alpha value is -2.41. The summed E-state index contributed by atoms with van der Waals surface area (Å²) in [6.07, 6.45) is 3.34. The fourth-order valence-electron chi connectivity index (χ4n) is 3.65. The normalized spacial score (nSPS) is 15.3. The molecule has 1 aliphatic heterocycles. The van der Waals surface area contributed by atoms with E-state index in [0.29, 0.717) is 12.2 Å². The standard InChI is InChI=1S/C22H25BrN4O2/c1-13(19-25-17-11-16(23)12-24-20(17)26-19)14-7-8-18-15(10-14)6-5-9-27(18)21(28)29-22(2,3)4/h7-8,10-13H,5-6,9H2,1-4H3,(H,24,25,26). The van der Waals surface area contributed by atoms with Gasteiger partial charge in [0, 0.05) is 23.1 Å². The molecule has 1 aliphatic rings. The molecule has 6 nitrogen and oxygen atoms in total. The van der Waals surface area contributed by atoms with Crippen molar-refractivity contribution in [1.29, 1.82) is 0 Å². The Balaban J connectivity index is 1.62. The predicted molar refractivity (Wildman–Crippen MR) is 117 cm³/mol. The number of imidazole rings is 1. The number of nitrogens with one attached hydrogen (secondary N) is 1. The number of aromatic amines is 1. The van der Waals surface area contributed by atoms with Crippen LogP contribution in [0, 0.1) is 0 Å². The first-order chi connectivity index (χ1) is 13.7. The van der Waals surface area contributed by atoms with Crippen molar-refractivity contribution in [2.75, 3.05) is 11.4 Å². The van der Waals surface area contributed by atoms with Crippen LogP contribution >= 0.6 is 15.9 Å². The molecule has 0 saturated carbocycles. The molecule has 1 atom stereocenters. The predicted octanol–water partition coefficient (Wildman–Crippen LogP) is 5.56. The molecular weight excluding hydrogens is 432 g/mol. The van der Waals surface area contributed by atoms with Crippen molar-refractivity contribution in [1.82, 2.24) is 15.0 Å². The van der Waals surface area contributed by atoms with Crippen molar-refractivity contribution >= 4 is 38.9 Å². The number of nitrogens with zero attached hydrogens (tertiary/aromatic N) is 3. The van der Waals surface area contributed by atoms with Crippen molar-refractivity contribution in [2.24, 2.45) is 0 Å². The second-order valence-corrected chi connectivity index (χ2v) is 9.41.